The van der Waals surface area contributed by atoms with Crippen molar-refractivity contribution in [2.75, 3.05) is 0 Å². The third-order valence-corrected chi connectivity index (χ3v) is 10.7. The highest BCUT2D eigenvalue weighted by atomic mass is 79.9. The summed E-state index contributed by atoms with van der Waals surface area (Å²) in [5, 5.41) is 1.43. The monoisotopic (exact) mass is 728 g/mol. The van der Waals surface area contributed by atoms with E-state index in [1.807, 2.05) is 45.5 Å². The maximum Gasteiger partial charge on any atom is 0.261 e. The lowest BCUT2D eigenvalue weighted by atomic mass is 10.0. The van der Waals surface area contributed by atoms with E-state index in [4.69, 9.17) is 11.4 Å². The average molecular weight is 730 g/mol. The van der Waals surface area contributed by atoms with Crippen LogP contribution in [0.1, 0.15) is 56.7 Å². The second kappa shape index (κ2) is 15.3. The smallest absolute Gasteiger partial charge is 0.261 e. The zero-order valence-corrected chi connectivity index (χ0v) is 32.9. The molecule has 0 bridgehead atoms. The summed E-state index contributed by atoms with van der Waals surface area (Å²) in [5.74, 6) is 6.45. The molecule has 0 saturated heterocycles. The fourth-order valence-electron chi connectivity index (χ4n) is 5.43. The predicted octanol–water partition coefficient (Wildman–Crippen LogP) is 8.23. The van der Waals surface area contributed by atoms with Gasteiger partial charge in [0.05, 0.1) is 21.8 Å². The zero-order chi connectivity index (χ0) is 34.5. The van der Waals surface area contributed by atoms with Crippen LogP contribution in [0.5, 0.6) is 0 Å². The Morgan fingerprint density at radius 3 is 1.68 bits per heavy atom. The Kier molecular flexibility index (Phi) is 11.9. The van der Waals surface area contributed by atoms with Crippen LogP contribution in [0.15, 0.2) is 50.5 Å². The van der Waals surface area contributed by atoms with Gasteiger partial charge in [0.1, 0.15) is 27.8 Å². The molecule has 2 unspecified atom stereocenters. The topological polar surface area (TPSA) is 69.8 Å². The van der Waals surface area contributed by atoms with Gasteiger partial charge in [0, 0.05) is 36.0 Å². The predicted molar refractivity (Wildman–Crippen MR) is 206 cm³/mol. The minimum Gasteiger partial charge on any atom is -0.296 e. The van der Waals surface area contributed by atoms with Crippen molar-refractivity contribution in [3.05, 3.63) is 78.8 Å². The molecule has 6 rings (SSSR count). The molecule has 2 atom stereocenters. The molecule has 2 aromatic carbocycles. The molecule has 248 valence electrons. The molecule has 2 aliphatic rings. The van der Waals surface area contributed by atoms with Gasteiger partial charge in [-0.05, 0) is 73.9 Å². The Morgan fingerprint density at radius 2 is 1.21 bits per heavy atom. The first-order valence-electron chi connectivity index (χ1n) is 16.8. The van der Waals surface area contributed by atoms with Crippen LogP contribution >= 0.6 is 15.9 Å². The van der Waals surface area contributed by atoms with Gasteiger partial charge in [0.15, 0.2) is 0 Å². The molecule has 2 aliphatic heterocycles. The fraction of sp³-hybridized carbons (Fsp3) is 0.474. The van der Waals surface area contributed by atoms with E-state index in [0.29, 0.717) is 17.2 Å². The number of aromatic nitrogens is 4. The quantitative estimate of drug-likeness (QED) is 0.135. The van der Waals surface area contributed by atoms with E-state index in [0.717, 1.165) is 89.7 Å². The molecule has 0 fully saturated rings. The van der Waals surface area contributed by atoms with Crippen molar-refractivity contribution in [3.8, 4) is 23.4 Å². The number of fused-ring (bicyclic) bond motifs is 4. The Morgan fingerprint density at radius 1 is 0.745 bits per heavy atom. The largest absolute Gasteiger partial charge is 0.296 e. The lowest BCUT2D eigenvalue weighted by molar-refractivity contribution is 0.484. The third kappa shape index (κ3) is 10.1. The minimum absolute atomic E-state index is 0.101. The molecule has 47 heavy (non-hydrogen) atoms. The van der Waals surface area contributed by atoms with Crippen molar-refractivity contribution in [2.24, 2.45) is 11.8 Å². The first-order valence-corrected chi connectivity index (χ1v) is 24.6. The highest BCUT2D eigenvalue weighted by Crippen LogP contribution is 2.22. The number of hydrogen-bond donors (Lipinski definition) is 0. The van der Waals surface area contributed by atoms with E-state index >= 15 is 0 Å². The van der Waals surface area contributed by atoms with Crippen molar-refractivity contribution < 1.29 is 0 Å². The van der Waals surface area contributed by atoms with Gasteiger partial charge in [-0.25, -0.2) is 9.97 Å². The van der Waals surface area contributed by atoms with Crippen LogP contribution in [0.25, 0.3) is 21.8 Å². The molecule has 0 amide bonds. The van der Waals surface area contributed by atoms with Crippen LogP contribution in [-0.4, -0.2) is 35.2 Å². The lowest BCUT2D eigenvalue weighted by Crippen LogP contribution is -2.24. The molecular weight excluding hydrogens is 681 g/mol. The van der Waals surface area contributed by atoms with Crippen molar-refractivity contribution in [3.63, 3.8) is 0 Å². The molecule has 0 N–H and O–H groups in total. The van der Waals surface area contributed by atoms with Gasteiger partial charge in [-0.15, -0.1) is 17.5 Å². The number of hydrogen-bond acceptors (Lipinski definition) is 4. The van der Waals surface area contributed by atoms with Crippen LogP contribution in [0.2, 0.25) is 39.3 Å². The van der Waals surface area contributed by atoms with E-state index in [-0.39, 0.29) is 11.1 Å². The van der Waals surface area contributed by atoms with E-state index in [2.05, 4.69) is 91.1 Å². The summed E-state index contributed by atoms with van der Waals surface area (Å²) in [6, 6.07) is 11.5. The molecule has 4 heterocycles. The van der Waals surface area contributed by atoms with Gasteiger partial charge in [-0.2, -0.15) is 0 Å². The maximum absolute atomic E-state index is 12.8. The van der Waals surface area contributed by atoms with Gasteiger partial charge in [-0.3, -0.25) is 18.7 Å². The Bertz CT molecular complexity index is 1980. The number of benzene rings is 2. The summed E-state index contributed by atoms with van der Waals surface area (Å²) in [4.78, 5) is 34.7. The molecule has 0 aliphatic carbocycles. The van der Waals surface area contributed by atoms with Crippen LogP contribution in [0.4, 0.5) is 0 Å². The fourth-order valence-corrected chi connectivity index (χ4v) is 6.29. The second-order valence-corrected chi connectivity index (χ2v) is 25.6. The summed E-state index contributed by atoms with van der Waals surface area (Å²) in [5.41, 5.74) is 8.87. The van der Waals surface area contributed by atoms with Gasteiger partial charge in [-0.1, -0.05) is 75.0 Å². The molecule has 6 nitrogen and oxygen atoms in total. The summed E-state index contributed by atoms with van der Waals surface area (Å²) in [6.07, 6.45) is 11.2. The van der Waals surface area contributed by atoms with E-state index in [1.165, 1.54) is 0 Å². The normalized spacial score (nSPS) is 17.6. The van der Waals surface area contributed by atoms with Crippen LogP contribution < -0.4 is 11.1 Å². The van der Waals surface area contributed by atoms with Gasteiger partial charge >= 0.3 is 0 Å². The molecule has 2 aromatic heterocycles. The van der Waals surface area contributed by atoms with Crippen molar-refractivity contribution >= 4 is 53.9 Å². The first kappa shape index (κ1) is 36.6. The van der Waals surface area contributed by atoms with Crippen molar-refractivity contribution in [1.29, 1.82) is 0 Å². The number of rotatable bonds is 0. The number of halogens is 1. The summed E-state index contributed by atoms with van der Waals surface area (Å²) in [6.45, 7) is 19.2. The van der Waals surface area contributed by atoms with Crippen LogP contribution in [-0.2, 0) is 25.9 Å². The Hall–Kier alpha value is -3.25. The number of terminal acetylenes is 1. The van der Waals surface area contributed by atoms with Crippen molar-refractivity contribution in [2.45, 2.75) is 105 Å². The molecular formula is C38H49BrN4O2Si2. The summed E-state index contributed by atoms with van der Waals surface area (Å²) < 4.78 is 4.70. The third-order valence-electron chi connectivity index (χ3n) is 8.46. The van der Waals surface area contributed by atoms with E-state index < -0.39 is 16.1 Å². The number of nitrogens with zero attached hydrogens (tertiary/aromatic N) is 4. The minimum atomic E-state index is -1.40. The van der Waals surface area contributed by atoms with Gasteiger partial charge in [0.2, 0.25) is 0 Å². The van der Waals surface area contributed by atoms with Crippen LogP contribution in [0, 0.1) is 35.3 Å². The molecule has 0 radical (unpaired) electrons. The van der Waals surface area contributed by atoms with E-state index in [1.54, 1.807) is 0 Å². The van der Waals surface area contributed by atoms with Crippen molar-refractivity contribution in [1.82, 2.24) is 19.1 Å². The second-order valence-electron chi connectivity index (χ2n) is 15.1. The first-order chi connectivity index (χ1) is 22.0. The lowest BCUT2D eigenvalue weighted by Gasteiger charge is -2.10. The highest BCUT2D eigenvalue weighted by molar-refractivity contribution is 9.10. The molecule has 9 heteroatoms. The Labute approximate surface area is 290 Å². The average Bonchev–Trinajstić information content (AvgIpc) is 3.31. The van der Waals surface area contributed by atoms with Crippen LogP contribution in [0.3, 0.4) is 0 Å². The maximum atomic E-state index is 12.8. The summed E-state index contributed by atoms with van der Waals surface area (Å²) in [7, 11) is -2.51. The zero-order valence-electron chi connectivity index (χ0n) is 29.3. The summed E-state index contributed by atoms with van der Waals surface area (Å²) >= 11 is 3.43. The molecule has 0 spiro atoms. The standard InChI is InChI=1S/C19H24N2OSi.C14H15BrN2O.C5H10Si/c1-14-5-8-18-20-17-13-15(10-12-23(2,3)4)6-7-16(17)19(22)21(18)11-9-14;1-9-2-5-13-16-12-8-10(15)3-4-11(12)14(18)17(13)7-6-9;1-5-6(2,3)4/h6-7,13-14H,5,8-9,11H2,1-4H3;3-4,8-9H,2,5-7H2,1H3;1H,2-4H3. The Balaban J connectivity index is 0.000000185. The molecule has 4 aromatic rings. The van der Waals surface area contributed by atoms with Gasteiger partial charge < -0.3 is 0 Å². The SMILES string of the molecule is C#C[Si](C)(C)C.CC1CCc2nc3cc(Br)ccc3c(=O)n2CC1.CC1CCc2nc3cc(C#C[Si](C)(C)C)ccc3c(=O)n2CC1. The molecule has 0 saturated carbocycles. The van der Waals surface area contributed by atoms with E-state index in [9.17, 15) is 9.59 Å². The highest BCUT2D eigenvalue weighted by Gasteiger charge is 2.18. The van der Waals surface area contributed by atoms with Gasteiger partial charge in [0.25, 0.3) is 11.1 Å². The number of aryl methyl sites for hydroxylation is 2.